The zero-order valence-electron chi connectivity index (χ0n) is 10.8. The van der Waals surface area contributed by atoms with E-state index in [1.54, 1.807) is 10.6 Å². The van der Waals surface area contributed by atoms with Crippen LogP contribution in [0.2, 0.25) is 0 Å². The second-order valence-electron chi connectivity index (χ2n) is 4.64. The molecule has 0 unspecified atom stereocenters. The number of aromatic amines is 1. The topological polar surface area (TPSA) is 109 Å². The Hall–Kier alpha value is -1.74. The number of hydrogen-bond acceptors (Lipinski definition) is 5. The summed E-state index contributed by atoms with van der Waals surface area (Å²) in [6, 6.07) is 5.68. The minimum Gasteiger partial charge on any atom is -0.409 e. The van der Waals surface area contributed by atoms with E-state index in [9.17, 15) is 4.79 Å². The normalized spacial score (nSPS) is 15.4. The van der Waals surface area contributed by atoms with E-state index in [1.807, 2.05) is 12.1 Å². The van der Waals surface area contributed by atoms with Crippen molar-refractivity contribution in [2.24, 2.45) is 10.9 Å². The van der Waals surface area contributed by atoms with Crippen molar-refractivity contribution in [1.82, 2.24) is 14.8 Å². The number of nitrogens with zero attached hydrogens (tertiary/aromatic N) is 3. The maximum absolute atomic E-state index is 11.7. The summed E-state index contributed by atoms with van der Waals surface area (Å²) in [6.07, 6.45) is 2.03. The molecule has 0 radical (unpaired) electrons. The van der Waals surface area contributed by atoms with Crippen molar-refractivity contribution in [3.05, 3.63) is 38.7 Å². The third-order valence-corrected chi connectivity index (χ3v) is 4.73. The Morgan fingerprint density at radius 1 is 1.57 bits per heavy atom. The summed E-state index contributed by atoms with van der Waals surface area (Å²) >= 11 is 4.78. The van der Waals surface area contributed by atoms with E-state index in [2.05, 4.69) is 31.3 Å². The smallest absolute Gasteiger partial charge is 0.344 e. The largest absolute Gasteiger partial charge is 0.409 e. The van der Waals surface area contributed by atoms with Crippen LogP contribution in [0.5, 0.6) is 0 Å². The number of nitrogens with two attached hydrogens (primary N) is 1. The first kappa shape index (κ1) is 14.2. The van der Waals surface area contributed by atoms with Gasteiger partial charge in [0.1, 0.15) is 0 Å². The van der Waals surface area contributed by atoms with Crippen LogP contribution in [0.4, 0.5) is 0 Å². The van der Waals surface area contributed by atoms with E-state index in [1.165, 1.54) is 11.8 Å². The van der Waals surface area contributed by atoms with E-state index in [0.717, 1.165) is 17.7 Å². The van der Waals surface area contributed by atoms with Gasteiger partial charge in [0.25, 0.3) is 0 Å². The van der Waals surface area contributed by atoms with Gasteiger partial charge in [-0.1, -0.05) is 5.16 Å². The lowest BCUT2D eigenvalue weighted by Gasteiger charge is -2.06. The van der Waals surface area contributed by atoms with E-state index >= 15 is 0 Å². The van der Waals surface area contributed by atoms with Crippen LogP contribution in [0, 0.1) is 0 Å². The molecule has 1 aromatic carbocycles. The van der Waals surface area contributed by atoms with Crippen molar-refractivity contribution < 1.29 is 5.21 Å². The van der Waals surface area contributed by atoms with Crippen molar-refractivity contribution >= 4 is 33.5 Å². The predicted octanol–water partition coefficient (Wildman–Crippen LogP) is 1.91. The van der Waals surface area contributed by atoms with Crippen LogP contribution in [0.3, 0.4) is 0 Å². The van der Waals surface area contributed by atoms with Gasteiger partial charge in [0.15, 0.2) is 11.0 Å². The zero-order valence-corrected chi connectivity index (χ0v) is 13.2. The highest BCUT2D eigenvalue weighted by molar-refractivity contribution is 9.10. The molecular formula is C12H12BrN5O2S. The van der Waals surface area contributed by atoms with Crippen LogP contribution in [0.1, 0.15) is 24.4 Å². The first-order valence-electron chi connectivity index (χ1n) is 6.22. The average molecular weight is 370 g/mol. The zero-order chi connectivity index (χ0) is 15.0. The Morgan fingerprint density at radius 2 is 2.33 bits per heavy atom. The Balaban J connectivity index is 1.89. The monoisotopic (exact) mass is 369 g/mol. The summed E-state index contributed by atoms with van der Waals surface area (Å²) in [6.45, 7) is 0. The average Bonchev–Trinajstić information content (AvgIpc) is 3.23. The minimum atomic E-state index is -0.174. The number of amidine groups is 1. The molecule has 1 saturated carbocycles. The summed E-state index contributed by atoms with van der Waals surface area (Å²) in [5.74, 6) is 0.0353. The van der Waals surface area contributed by atoms with Gasteiger partial charge >= 0.3 is 5.69 Å². The number of halogens is 1. The van der Waals surface area contributed by atoms with Crippen molar-refractivity contribution in [2.45, 2.75) is 28.9 Å². The van der Waals surface area contributed by atoms with E-state index in [4.69, 9.17) is 10.9 Å². The summed E-state index contributed by atoms with van der Waals surface area (Å²) in [5.41, 5.74) is 6.00. The molecule has 1 heterocycles. The van der Waals surface area contributed by atoms with E-state index in [0.29, 0.717) is 15.2 Å². The van der Waals surface area contributed by atoms with Gasteiger partial charge in [-0.2, -0.15) is 0 Å². The highest BCUT2D eigenvalue weighted by Gasteiger charge is 2.28. The first-order valence-corrected chi connectivity index (χ1v) is 7.83. The number of hydrogen-bond donors (Lipinski definition) is 3. The van der Waals surface area contributed by atoms with Crippen LogP contribution in [0.15, 0.2) is 42.7 Å². The summed E-state index contributed by atoms with van der Waals surface area (Å²) in [5, 5.41) is 18.9. The van der Waals surface area contributed by atoms with Gasteiger partial charge < -0.3 is 10.9 Å². The molecule has 110 valence electrons. The number of H-pyrrole nitrogens is 1. The Labute approximate surface area is 132 Å². The fraction of sp³-hybridized carbons (Fsp3) is 0.250. The van der Waals surface area contributed by atoms with E-state index < -0.39 is 0 Å². The summed E-state index contributed by atoms with van der Waals surface area (Å²) in [7, 11) is 0. The van der Waals surface area contributed by atoms with Crippen molar-refractivity contribution in [2.75, 3.05) is 0 Å². The summed E-state index contributed by atoms with van der Waals surface area (Å²) < 4.78 is 2.40. The predicted molar refractivity (Wildman–Crippen MR) is 81.9 cm³/mol. The van der Waals surface area contributed by atoms with Gasteiger partial charge in [0.05, 0.1) is 0 Å². The van der Waals surface area contributed by atoms with Crippen molar-refractivity contribution in [1.29, 1.82) is 0 Å². The second kappa shape index (κ2) is 5.57. The molecule has 3 rings (SSSR count). The number of aromatic nitrogens is 3. The lowest BCUT2D eigenvalue weighted by Crippen LogP contribution is -2.16. The number of oxime groups is 1. The third-order valence-electron chi connectivity index (χ3n) is 3.12. The number of benzene rings is 1. The second-order valence-corrected chi connectivity index (χ2v) is 6.54. The van der Waals surface area contributed by atoms with Gasteiger partial charge in [-0.3, -0.25) is 4.57 Å². The molecule has 0 bridgehead atoms. The molecular weight excluding hydrogens is 358 g/mol. The molecule has 1 aliphatic rings. The maximum atomic E-state index is 11.7. The maximum Gasteiger partial charge on any atom is 0.344 e. The lowest BCUT2D eigenvalue weighted by molar-refractivity contribution is 0.318. The molecule has 1 aliphatic carbocycles. The Morgan fingerprint density at radius 3 is 2.95 bits per heavy atom. The van der Waals surface area contributed by atoms with Gasteiger partial charge in [-0.05, 0) is 58.7 Å². The van der Waals surface area contributed by atoms with Gasteiger partial charge in [0, 0.05) is 21.0 Å². The molecule has 4 N–H and O–H groups in total. The Bertz CT molecular complexity index is 765. The third kappa shape index (κ3) is 2.84. The molecule has 0 saturated heterocycles. The van der Waals surface area contributed by atoms with Crippen LogP contribution < -0.4 is 11.4 Å². The Kier molecular flexibility index (Phi) is 3.77. The summed E-state index contributed by atoms with van der Waals surface area (Å²) in [4.78, 5) is 12.6. The van der Waals surface area contributed by atoms with Crippen LogP contribution in [-0.4, -0.2) is 25.8 Å². The molecule has 9 heteroatoms. The van der Waals surface area contributed by atoms with E-state index in [-0.39, 0.29) is 17.6 Å². The van der Waals surface area contributed by atoms with Crippen LogP contribution >= 0.6 is 27.7 Å². The highest BCUT2D eigenvalue weighted by atomic mass is 79.9. The van der Waals surface area contributed by atoms with Crippen LogP contribution in [-0.2, 0) is 0 Å². The quantitative estimate of drug-likeness (QED) is 0.330. The number of nitrogens with one attached hydrogen (secondary N) is 1. The van der Waals surface area contributed by atoms with Gasteiger partial charge in [-0.25, -0.2) is 9.89 Å². The van der Waals surface area contributed by atoms with Gasteiger partial charge in [-0.15, -0.1) is 5.10 Å². The molecule has 0 amide bonds. The van der Waals surface area contributed by atoms with Crippen molar-refractivity contribution in [3.63, 3.8) is 0 Å². The molecule has 1 aromatic heterocycles. The first-order chi connectivity index (χ1) is 10.1. The highest BCUT2D eigenvalue weighted by Crippen LogP contribution is 2.38. The molecule has 1 fully saturated rings. The molecule has 0 atom stereocenters. The fourth-order valence-corrected chi connectivity index (χ4v) is 3.62. The lowest BCUT2D eigenvalue weighted by atomic mass is 10.2. The molecule has 0 spiro atoms. The van der Waals surface area contributed by atoms with Crippen molar-refractivity contribution in [3.8, 4) is 0 Å². The SMILES string of the molecule is N/C(=N/O)c1ccc(Sc2n[nH]c(=O)n2C2CC2)cc1Br. The van der Waals surface area contributed by atoms with Crippen LogP contribution in [0.25, 0.3) is 0 Å². The molecule has 7 nitrogen and oxygen atoms in total. The standard InChI is InChI=1S/C12H12BrN5O2S/c13-9-5-7(3-4-8(9)10(14)17-20)21-12-16-15-11(19)18(12)6-1-2-6/h3-6,20H,1-2H2,(H2,14,17)(H,15,19). The minimum absolute atomic E-state index is 0.0353. The number of rotatable bonds is 4. The molecule has 0 aliphatic heterocycles. The molecule has 21 heavy (non-hydrogen) atoms. The fourth-order valence-electron chi connectivity index (χ4n) is 1.94. The van der Waals surface area contributed by atoms with Gasteiger partial charge in [0.2, 0.25) is 0 Å². The molecule has 2 aromatic rings.